The van der Waals surface area contributed by atoms with Crippen molar-refractivity contribution in [3.8, 4) is 16.9 Å². The van der Waals surface area contributed by atoms with Crippen LogP contribution in [0.1, 0.15) is 11.5 Å². The summed E-state index contributed by atoms with van der Waals surface area (Å²) in [6, 6.07) is 9.99. The van der Waals surface area contributed by atoms with Crippen molar-refractivity contribution >= 4 is 0 Å². The molecule has 0 aliphatic heterocycles. The average molecular weight is 202 g/mol. The van der Waals surface area contributed by atoms with Gasteiger partial charge in [-0.1, -0.05) is 18.2 Å². The maximum atomic E-state index is 5.51. The second-order valence-electron chi connectivity index (χ2n) is 3.53. The normalized spacial score (nSPS) is 10.3. The number of methoxy groups -OCH3 is 1. The first-order valence-electron chi connectivity index (χ1n) is 4.93. The fourth-order valence-electron chi connectivity index (χ4n) is 1.77. The summed E-state index contributed by atoms with van der Waals surface area (Å²) in [5, 5.41) is 0. The molecule has 0 bridgehead atoms. The van der Waals surface area contributed by atoms with Crippen molar-refractivity contribution in [2.45, 2.75) is 13.8 Å². The van der Waals surface area contributed by atoms with Crippen LogP contribution in [0.3, 0.4) is 0 Å². The minimum atomic E-state index is 0.876. The number of aryl methyl sites for hydroxylation is 2. The van der Waals surface area contributed by atoms with Crippen LogP contribution in [-0.2, 0) is 0 Å². The SMILES string of the molecule is COc1ccccc1-c1cc(C)oc1C. The third kappa shape index (κ3) is 1.75. The van der Waals surface area contributed by atoms with Gasteiger partial charge in [-0.15, -0.1) is 0 Å². The Bertz CT molecular complexity index is 469. The largest absolute Gasteiger partial charge is 0.496 e. The monoisotopic (exact) mass is 202 g/mol. The molecule has 0 unspecified atom stereocenters. The van der Waals surface area contributed by atoms with Crippen LogP contribution in [0.4, 0.5) is 0 Å². The van der Waals surface area contributed by atoms with Crippen LogP contribution in [0.25, 0.3) is 11.1 Å². The van der Waals surface area contributed by atoms with Gasteiger partial charge in [0.1, 0.15) is 17.3 Å². The van der Waals surface area contributed by atoms with Crippen molar-refractivity contribution in [2.24, 2.45) is 0 Å². The van der Waals surface area contributed by atoms with E-state index in [0.29, 0.717) is 0 Å². The van der Waals surface area contributed by atoms with Crippen molar-refractivity contribution in [2.75, 3.05) is 7.11 Å². The van der Waals surface area contributed by atoms with Gasteiger partial charge in [-0.05, 0) is 26.0 Å². The molecule has 2 nitrogen and oxygen atoms in total. The van der Waals surface area contributed by atoms with E-state index in [-0.39, 0.29) is 0 Å². The van der Waals surface area contributed by atoms with E-state index in [2.05, 4.69) is 0 Å². The van der Waals surface area contributed by atoms with Gasteiger partial charge in [0, 0.05) is 11.1 Å². The highest BCUT2D eigenvalue weighted by Gasteiger charge is 2.10. The summed E-state index contributed by atoms with van der Waals surface area (Å²) in [7, 11) is 1.68. The Hall–Kier alpha value is -1.70. The quantitative estimate of drug-likeness (QED) is 0.742. The van der Waals surface area contributed by atoms with E-state index in [1.165, 1.54) is 0 Å². The van der Waals surface area contributed by atoms with E-state index in [0.717, 1.165) is 28.4 Å². The average Bonchev–Trinajstić information content (AvgIpc) is 2.57. The first-order chi connectivity index (χ1) is 7.22. The molecule has 2 rings (SSSR count). The van der Waals surface area contributed by atoms with Gasteiger partial charge in [-0.2, -0.15) is 0 Å². The highest BCUT2D eigenvalue weighted by molar-refractivity contribution is 5.72. The third-order valence-electron chi connectivity index (χ3n) is 2.44. The van der Waals surface area contributed by atoms with Crippen molar-refractivity contribution in [3.63, 3.8) is 0 Å². The lowest BCUT2D eigenvalue weighted by atomic mass is 10.1. The molecular weight excluding hydrogens is 188 g/mol. The number of benzene rings is 1. The van der Waals surface area contributed by atoms with Crippen molar-refractivity contribution < 1.29 is 9.15 Å². The molecule has 1 aromatic heterocycles. The molecule has 0 aliphatic rings. The van der Waals surface area contributed by atoms with Crippen LogP contribution in [0.2, 0.25) is 0 Å². The number of rotatable bonds is 2. The van der Waals surface area contributed by atoms with Crippen LogP contribution in [0, 0.1) is 13.8 Å². The van der Waals surface area contributed by atoms with Gasteiger partial charge in [-0.3, -0.25) is 0 Å². The highest BCUT2D eigenvalue weighted by Crippen LogP contribution is 2.33. The molecule has 2 aromatic rings. The molecule has 2 heteroatoms. The topological polar surface area (TPSA) is 22.4 Å². The van der Waals surface area contributed by atoms with Crippen LogP contribution in [0.5, 0.6) is 5.75 Å². The van der Waals surface area contributed by atoms with Gasteiger partial charge in [-0.25, -0.2) is 0 Å². The van der Waals surface area contributed by atoms with Crippen LogP contribution in [0.15, 0.2) is 34.7 Å². The summed E-state index contributed by atoms with van der Waals surface area (Å²) in [5.41, 5.74) is 2.18. The smallest absolute Gasteiger partial charge is 0.126 e. The molecule has 15 heavy (non-hydrogen) atoms. The third-order valence-corrected chi connectivity index (χ3v) is 2.44. The zero-order valence-corrected chi connectivity index (χ0v) is 9.20. The van der Waals surface area contributed by atoms with Gasteiger partial charge in [0.05, 0.1) is 7.11 Å². The van der Waals surface area contributed by atoms with Gasteiger partial charge in [0.2, 0.25) is 0 Å². The molecule has 0 spiro atoms. The molecule has 0 radical (unpaired) electrons. The lowest BCUT2D eigenvalue weighted by molar-refractivity contribution is 0.416. The lowest BCUT2D eigenvalue weighted by Crippen LogP contribution is -1.86. The van der Waals surface area contributed by atoms with Crippen LogP contribution < -0.4 is 4.74 Å². The molecular formula is C13H14O2. The molecule has 78 valence electrons. The van der Waals surface area contributed by atoms with E-state index in [9.17, 15) is 0 Å². The maximum absolute atomic E-state index is 5.51. The molecule has 0 saturated carbocycles. The summed E-state index contributed by atoms with van der Waals surface area (Å²) in [4.78, 5) is 0. The van der Waals surface area contributed by atoms with Gasteiger partial charge >= 0.3 is 0 Å². The van der Waals surface area contributed by atoms with Crippen LogP contribution in [-0.4, -0.2) is 7.11 Å². The van der Waals surface area contributed by atoms with Crippen molar-refractivity contribution in [3.05, 3.63) is 41.9 Å². The second kappa shape index (κ2) is 3.81. The highest BCUT2D eigenvalue weighted by atomic mass is 16.5. The summed E-state index contributed by atoms with van der Waals surface area (Å²) >= 11 is 0. The van der Waals surface area contributed by atoms with Gasteiger partial charge < -0.3 is 9.15 Å². The molecule has 0 saturated heterocycles. The number of furan rings is 1. The molecule has 1 aromatic carbocycles. The van der Waals surface area contributed by atoms with E-state index < -0.39 is 0 Å². The molecule has 0 atom stereocenters. The Kier molecular flexibility index (Phi) is 2.50. The van der Waals surface area contributed by atoms with E-state index in [1.807, 2.05) is 44.2 Å². The molecule has 0 aliphatic carbocycles. The molecule has 0 fully saturated rings. The van der Waals surface area contributed by atoms with E-state index >= 15 is 0 Å². The van der Waals surface area contributed by atoms with Crippen molar-refractivity contribution in [1.29, 1.82) is 0 Å². The number of ether oxygens (including phenoxy) is 1. The summed E-state index contributed by atoms with van der Waals surface area (Å²) in [6.07, 6.45) is 0. The maximum Gasteiger partial charge on any atom is 0.126 e. The zero-order chi connectivity index (χ0) is 10.8. The fourth-order valence-corrected chi connectivity index (χ4v) is 1.77. The second-order valence-corrected chi connectivity index (χ2v) is 3.53. The van der Waals surface area contributed by atoms with Crippen LogP contribution >= 0.6 is 0 Å². The predicted octanol–water partition coefficient (Wildman–Crippen LogP) is 3.57. The number of para-hydroxylation sites is 1. The number of hydrogen-bond acceptors (Lipinski definition) is 2. The lowest BCUT2D eigenvalue weighted by Gasteiger charge is -2.06. The zero-order valence-electron chi connectivity index (χ0n) is 9.20. The first kappa shape index (κ1) is 9.84. The van der Waals surface area contributed by atoms with E-state index in [4.69, 9.17) is 9.15 Å². The summed E-state index contributed by atoms with van der Waals surface area (Å²) < 4.78 is 10.8. The molecule has 0 N–H and O–H groups in total. The Balaban J connectivity index is 2.58. The standard InChI is InChI=1S/C13H14O2/c1-9-8-12(10(2)15-9)11-6-4-5-7-13(11)14-3/h4-8H,1-3H3. The Morgan fingerprint density at radius 2 is 1.80 bits per heavy atom. The Morgan fingerprint density at radius 1 is 1.07 bits per heavy atom. The number of hydrogen-bond donors (Lipinski definition) is 0. The molecule has 1 heterocycles. The van der Waals surface area contributed by atoms with Gasteiger partial charge in [0.25, 0.3) is 0 Å². The predicted molar refractivity (Wildman–Crippen MR) is 60.2 cm³/mol. The summed E-state index contributed by atoms with van der Waals surface area (Å²) in [5.74, 6) is 2.73. The Labute approximate surface area is 89.5 Å². The Morgan fingerprint density at radius 3 is 2.40 bits per heavy atom. The molecule has 0 amide bonds. The van der Waals surface area contributed by atoms with Crippen molar-refractivity contribution in [1.82, 2.24) is 0 Å². The fraction of sp³-hybridized carbons (Fsp3) is 0.231. The minimum Gasteiger partial charge on any atom is -0.496 e. The van der Waals surface area contributed by atoms with E-state index in [1.54, 1.807) is 7.11 Å². The first-order valence-corrected chi connectivity index (χ1v) is 4.93. The minimum absolute atomic E-state index is 0.876. The summed E-state index contributed by atoms with van der Waals surface area (Å²) in [6.45, 7) is 3.92. The van der Waals surface area contributed by atoms with Gasteiger partial charge in [0.15, 0.2) is 0 Å².